The normalized spacial score (nSPS) is 13.4. The van der Waals surface area contributed by atoms with Crippen molar-refractivity contribution in [3.63, 3.8) is 0 Å². The van der Waals surface area contributed by atoms with Gasteiger partial charge >= 0.3 is 11.9 Å². The van der Waals surface area contributed by atoms with Crippen molar-refractivity contribution < 1.29 is 29.3 Å². The Balaban J connectivity index is 3.80. The van der Waals surface area contributed by atoms with Crippen molar-refractivity contribution in [2.75, 3.05) is 13.2 Å². The van der Waals surface area contributed by atoms with E-state index in [9.17, 15) is 19.8 Å². The van der Waals surface area contributed by atoms with Crippen molar-refractivity contribution in [2.45, 2.75) is 168 Å². The predicted molar refractivity (Wildman–Crippen MR) is 179 cm³/mol. The molecule has 0 heterocycles. The maximum Gasteiger partial charge on any atom is 0.306 e. The van der Waals surface area contributed by atoms with Crippen LogP contribution in [0.1, 0.15) is 156 Å². The minimum absolute atomic E-state index is 0.154. The number of rotatable bonds is 30. The molecule has 0 aliphatic carbocycles. The van der Waals surface area contributed by atoms with E-state index in [1.807, 2.05) is 12.2 Å². The average Bonchev–Trinajstić information content (AvgIpc) is 2.98. The summed E-state index contributed by atoms with van der Waals surface area (Å²) in [4.78, 5) is 24.1. The van der Waals surface area contributed by atoms with E-state index in [4.69, 9.17) is 9.47 Å². The fourth-order valence-corrected chi connectivity index (χ4v) is 4.75. The van der Waals surface area contributed by atoms with E-state index >= 15 is 0 Å². The molecule has 43 heavy (non-hydrogen) atoms. The van der Waals surface area contributed by atoms with Crippen LogP contribution in [0.4, 0.5) is 0 Å². The van der Waals surface area contributed by atoms with E-state index in [0.29, 0.717) is 19.3 Å². The molecule has 250 valence electrons. The van der Waals surface area contributed by atoms with Gasteiger partial charge in [-0.05, 0) is 44.4 Å². The van der Waals surface area contributed by atoms with E-state index in [2.05, 4.69) is 39.0 Å². The first-order chi connectivity index (χ1) is 20.9. The van der Waals surface area contributed by atoms with Crippen LogP contribution in [0.5, 0.6) is 0 Å². The Hall–Kier alpha value is -1.92. The monoisotopic (exact) mass is 606 g/mol. The van der Waals surface area contributed by atoms with Crippen molar-refractivity contribution in [3.8, 4) is 0 Å². The predicted octanol–water partition coefficient (Wildman–Crippen LogP) is 9.33. The second kappa shape index (κ2) is 31.5. The Morgan fingerprint density at radius 3 is 2.00 bits per heavy atom. The van der Waals surface area contributed by atoms with Gasteiger partial charge in [0.1, 0.15) is 6.61 Å². The second-order valence-corrected chi connectivity index (χ2v) is 12.3. The van der Waals surface area contributed by atoms with Crippen LogP contribution < -0.4 is 0 Å². The lowest BCUT2D eigenvalue weighted by Gasteiger charge is -2.16. The molecular weight excluding hydrogens is 540 g/mol. The number of hydrogen-bond donors (Lipinski definition) is 2. The number of hydrogen-bond acceptors (Lipinski definition) is 6. The number of esters is 2. The highest BCUT2D eigenvalue weighted by Crippen LogP contribution is 2.14. The molecule has 2 N–H and O–H groups in total. The third kappa shape index (κ3) is 31.3. The molecule has 6 heteroatoms. The number of aliphatic hydroxyl groups is 2. The number of carbonyl (C=O) groups is 2. The lowest BCUT2D eigenvalue weighted by atomic mass is 10.0. The summed E-state index contributed by atoms with van der Waals surface area (Å²) in [5.74, 6) is -0.000231. The highest BCUT2D eigenvalue weighted by molar-refractivity contribution is 5.70. The molecule has 0 rings (SSSR count). The van der Waals surface area contributed by atoms with Gasteiger partial charge in [0.2, 0.25) is 0 Å². The first-order valence-electron chi connectivity index (χ1n) is 17.5. The minimum Gasteiger partial charge on any atom is -0.462 e. The van der Waals surface area contributed by atoms with Gasteiger partial charge in [-0.2, -0.15) is 0 Å². The topological polar surface area (TPSA) is 93.1 Å². The molecule has 0 bridgehead atoms. The van der Waals surface area contributed by atoms with Gasteiger partial charge in [0.25, 0.3) is 0 Å². The summed E-state index contributed by atoms with van der Waals surface area (Å²) in [5.41, 5.74) is 0. The molecule has 0 aliphatic rings. The molecule has 0 aromatic carbocycles. The SMILES string of the molecule is CCCCCCCC/C=C/C/C=C/C=C/C(O)CCCC(=O)OC[C@H](CO)OC(=O)CCCCCCCCCCC(C)C. The van der Waals surface area contributed by atoms with Crippen LogP contribution >= 0.6 is 0 Å². The molecule has 1 unspecified atom stereocenters. The van der Waals surface area contributed by atoms with Crippen molar-refractivity contribution in [1.29, 1.82) is 0 Å². The second-order valence-electron chi connectivity index (χ2n) is 12.3. The summed E-state index contributed by atoms with van der Waals surface area (Å²) in [6.45, 7) is 6.24. The molecule has 6 nitrogen and oxygen atoms in total. The Labute approximate surface area is 264 Å². The maximum atomic E-state index is 12.1. The number of unbranched alkanes of at least 4 members (excludes halogenated alkanes) is 13. The Morgan fingerprint density at radius 2 is 1.33 bits per heavy atom. The summed E-state index contributed by atoms with van der Waals surface area (Å²) < 4.78 is 10.4. The highest BCUT2D eigenvalue weighted by atomic mass is 16.6. The van der Waals surface area contributed by atoms with Crippen LogP contribution in [0.2, 0.25) is 0 Å². The Kier molecular flexibility index (Phi) is 30.1. The van der Waals surface area contributed by atoms with Gasteiger partial charge < -0.3 is 19.7 Å². The summed E-state index contributed by atoms with van der Waals surface area (Å²) >= 11 is 0. The number of carbonyl (C=O) groups excluding carboxylic acids is 2. The van der Waals surface area contributed by atoms with Crippen LogP contribution in [0, 0.1) is 5.92 Å². The van der Waals surface area contributed by atoms with Gasteiger partial charge in [-0.3, -0.25) is 9.59 Å². The molecule has 0 amide bonds. The third-order valence-electron chi connectivity index (χ3n) is 7.47. The van der Waals surface area contributed by atoms with E-state index in [-0.39, 0.29) is 25.6 Å². The van der Waals surface area contributed by atoms with Gasteiger partial charge in [0.15, 0.2) is 6.10 Å². The van der Waals surface area contributed by atoms with Crippen molar-refractivity contribution in [1.82, 2.24) is 0 Å². The molecule has 0 aromatic rings. The van der Waals surface area contributed by atoms with Gasteiger partial charge in [-0.25, -0.2) is 0 Å². The van der Waals surface area contributed by atoms with Crippen molar-refractivity contribution in [3.05, 3.63) is 36.5 Å². The summed E-state index contributed by atoms with van der Waals surface area (Å²) in [6, 6.07) is 0. The van der Waals surface area contributed by atoms with Crippen LogP contribution in [0.3, 0.4) is 0 Å². The average molecular weight is 607 g/mol. The van der Waals surface area contributed by atoms with Crippen LogP contribution in [0.25, 0.3) is 0 Å². The zero-order valence-corrected chi connectivity index (χ0v) is 28.0. The summed E-state index contributed by atoms with van der Waals surface area (Å²) in [5, 5.41) is 19.6. The Bertz CT molecular complexity index is 727. The molecule has 0 spiro atoms. The minimum atomic E-state index is -0.840. The standard InChI is InChI=1S/C37H66O6/c1-4-5-6-7-8-9-10-11-12-13-17-20-23-27-34(39)28-25-30-36(40)42-32-35(31-38)43-37(41)29-24-21-18-15-14-16-19-22-26-33(2)3/h11-12,17,20,23,27,33-35,38-39H,4-10,13-16,18-19,21-22,24-26,28-32H2,1-3H3/b12-11+,20-17+,27-23+/t34?,35-/m0/s1. The van der Waals surface area contributed by atoms with Crippen LogP contribution in [-0.2, 0) is 19.1 Å². The van der Waals surface area contributed by atoms with Gasteiger partial charge in [-0.15, -0.1) is 0 Å². The summed E-state index contributed by atoms with van der Waals surface area (Å²) in [6.07, 6.45) is 32.4. The number of allylic oxidation sites excluding steroid dienone is 5. The maximum absolute atomic E-state index is 12.1. The molecule has 0 aliphatic heterocycles. The van der Waals surface area contributed by atoms with E-state index in [1.165, 1.54) is 77.0 Å². The lowest BCUT2D eigenvalue weighted by Crippen LogP contribution is -2.28. The van der Waals surface area contributed by atoms with E-state index in [0.717, 1.165) is 38.0 Å². The molecule has 0 fully saturated rings. The largest absolute Gasteiger partial charge is 0.462 e. The molecule has 0 saturated carbocycles. The van der Waals surface area contributed by atoms with Crippen LogP contribution in [0.15, 0.2) is 36.5 Å². The molecular formula is C37H66O6. The summed E-state index contributed by atoms with van der Waals surface area (Å²) in [7, 11) is 0. The lowest BCUT2D eigenvalue weighted by molar-refractivity contribution is -0.161. The fourth-order valence-electron chi connectivity index (χ4n) is 4.75. The zero-order valence-electron chi connectivity index (χ0n) is 28.0. The number of ether oxygens (including phenoxy) is 2. The Morgan fingerprint density at radius 1 is 0.698 bits per heavy atom. The van der Waals surface area contributed by atoms with Crippen molar-refractivity contribution in [2.24, 2.45) is 5.92 Å². The smallest absolute Gasteiger partial charge is 0.306 e. The first kappa shape index (κ1) is 41.1. The zero-order chi connectivity index (χ0) is 31.8. The van der Waals surface area contributed by atoms with Gasteiger partial charge in [-0.1, -0.05) is 141 Å². The van der Waals surface area contributed by atoms with Gasteiger partial charge in [0.05, 0.1) is 12.7 Å². The molecule has 2 atom stereocenters. The number of aliphatic hydroxyl groups excluding tert-OH is 2. The first-order valence-corrected chi connectivity index (χ1v) is 17.5. The third-order valence-corrected chi connectivity index (χ3v) is 7.47. The molecule has 0 saturated heterocycles. The molecule has 0 aromatic heterocycles. The highest BCUT2D eigenvalue weighted by Gasteiger charge is 2.16. The van der Waals surface area contributed by atoms with E-state index < -0.39 is 18.2 Å². The fraction of sp³-hybridized carbons (Fsp3) is 0.784. The van der Waals surface area contributed by atoms with E-state index in [1.54, 1.807) is 6.08 Å². The van der Waals surface area contributed by atoms with Crippen LogP contribution in [-0.4, -0.2) is 47.6 Å². The van der Waals surface area contributed by atoms with Gasteiger partial charge in [0, 0.05) is 12.8 Å². The quantitative estimate of drug-likeness (QED) is 0.0366. The van der Waals surface area contributed by atoms with Crippen molar-refractivity contribution >= 4 is 11.9 Å². The molecule has 0 radical (unpaired) electrons.